The summed E-state index contributed by atoms with van der Waals surface area (Å²) in [5.74, 6) is 1.74. The minimum absolute atomic E-state index is 0.870. The lowest BCUT2D eigenvalue weighted by molar-refractivity contribution is 0.477. The Bertz CT molecular complexity index is 1590. The van der Waals surface area contributed by atoms with E-state index in [0.717, 1.165) is 28.6 Å². The highest BCUT2D eigenvalue weighted by Gasteiger charge is 2.25. The van der Waals surface area contributed by atoms with Crippen LogP contribution in [-0.2, 0) is 0 Å². The predicted molar refractivity (Wildman–Crippen MR) is 134 cm³/mol. The Hall–Kier alpha value is -4.30. The lowest BCUT2D eigenvalue weighted by Crippen LogP contribution is -2.15. The molecule has 32 heavy (non-hydrogen) atoms. The van der Waals surface area contributed by atoms with Crippen molar-refractivity contribution in [3.63, 3.8) is 0 Å². The van der Waals surface area contributed by atoms with Crippen LogP contribution in [-0.4, -0.2) is 0 Å². The molecule has 7 rings (SSSR count). The Balaban J connectivity index is 1.57. The second-order valence-electron chi connectivity index (χ2n) is 8.19. The lowest BCUT2D eigenvalue weighted by Gasteiger charge is -2.33. The van der Waals surface area contributed by atoms with Crippen molar-refractivity contribution < 1.29 is 4.74 Å². The number of anilines is 3. The van der Waals surface area contributed by atoms with Gasteiger partial charge in [0.2, 0.25) is 0 Å². The summed E-state index contributed by atoms with van der Waals surface area (Å²) in [5, 5.41) is 7.69. The molecule has 0 aromatic heterocycles. The number of rotatable bonds is 1. The van der Waals surface area contributed by atoms with Crippen LogP contribution >= 0.6 is 0 Å². The molecule has 0 radical (unpaired) electrons. The van der Waals surface area contributed by atoms with Crippen molar-refractivity contribution in [1.29, 1.82) is 0 Å². The van der Waals surface area contributed by atoms with E-state index in [1.807, 2.05) is 24.3 Å². The molecule has 0 saturated carbocycles. The average molecular weight is 409 g/mol. The van der Waals surface area contributed by atoms with Crippen molar-refractivity contribution >= 4 is 49.4 Å². The molecule has 0 fully saturated rings. The zero-order valence-electron chi connectivity index (χ0n) is 17.3. The van der Waals surface area contributed by atoms with Crippen LogP contribution in [0.25, 0.3) is 32.3 Å². The summed E-state index contributed by atoms with van der Waals surface area (Å²) < 4.78 is 6.20. The summed E-state index contributed by atoms with van der Waals surface area (Å²) in [4.78, 5) is 2.30. The topological polar surface area (TPSA) is 12.5 Å². The fourth-order valence-electron chi connectivity index (χ4n) is 5.02. The highest BCUT2D eigenvalue weighted by Crippen LogP contribution is 2.50. The largest absolute Gasteiger partial charge is 0.453 e. The molecule has 1 aliphatic heterocycles. The van der Waals surface area contributed by atoms with Crippen LogP contribution in [0.4, 0.5) is 17.1 Å². The first kappa shape index (κ1) is 17.4. The number of benzene rings is 6. The van der Waals surface area contributed by atoms with E-state index in [-0.39, 0.29) is 0 Å². The van der Waals surface area contributed by atoms with Gasteiger partial charge in [0.15, 0.2) is 11.5 Å². The van der Waals surface area contributed by atoms with Gasteiger partial charge in [-0.05, 0) is 68.7 Å². The molecule has 1 heterocycles. The minimum Gasteiger partial charge on any atom is -0.453 e. The van der Waals surface area contributed by atoms with Gasteiger partial charge in [0.05, 0.1) is 11.4 Å². The van der Waals surface area contributed by atoms with E-state index in [1.165, 1.54) is 32.3 Å². The fraction of sp³-hybridized carbons (Fsp3) is 0. The van der Waals surface area contributed by atoms with E-state index in [9.17, 15) is 0 Å². The molecule has 150 valence electrons. The SMILES string of the molecule is c1ccc2c(c1)Oc1ccccc1N2c1ccc2c3ccccc3c3ccccc3c2c1. The van der Waals surface area contributed by atoms with Crippen molar-refractivity contribution in [2.45, 2.75) is 0 Å². The van der Waals surface area contributed by atoms with E-state index in [4.69, 9.17) is 4.74 Å². The van der Waals surface area contributed by atoms with Crippen molar-refractivity contribution in [1.82, 2.24) is 0 Å². The molecule has 0 atom stereocenters. The normalized spacial score (nSPS) is 12.6. The lowest BCUT2D eigenvalue weighted by atomic mass is 9.94. The van der Waals surface area contributed by atoms with Gasteiger partial charge in [-0.25, -0.2) is 0 Å². The van der Waals surface area contributed by atoms with Crippen LogP contribution in [0.15, 0.2) is 115 Å². The molecule has 0 unspecified atom stereocenters. The Labute approximate surface area is 185 Å². The fourth-order valence-corrected chi connectivity index (χ4v) is 5.02. The second kappa shape index (κ2) is 6.60. The van der Waals surface area contributed by atoms with Crippen molar-refractivity contribution in [3.8, 4) is 11.5 Å². The Morgan fingerprint density at radius 2 is 0.844 bits per heavy atom. The van der Waals surface area contributed by atoms with E-state index >= 15 is 0 Å². The van der Waals surface area contributed by atoms with Gasteiger partial charge in [-0.1, -0.05) is 78.9 Å². The molecular weight excluding hydrogens is 390 g/mol. The summed E-state index contributed by atoms with van der Waals surface area (Å²) in [6.07, 6.45) is 0. The number of hydrogen-bond acceptors (Lipinski definition) is 2. The summed E-state index contributed by atoms with van der Waals surface area (Å²) in [5.41, 5.74) is 3.23. The summed E-state index contributed by atoms with van der Waals surface area (Å²) in [6.45, 7) is 0. The standard InChI is InChI=1S/C30H19NO/c1-2-11-23-21(9-1)22-10-3-4-12-24(22)26-19-20(17-18-25(23)26)31-27-13-5-7-15-29(27)32-30-16-8-6-14-28(30)31/h1-19H. The Morgan fingerprint density at radius 1 is 0.406 bits per heavy atom. The van der Waals surface area contributed by atoms with Gasteiger partial charge in [0, 0.05) is 5.69 Å². The highest BCUT2D eigenvalue weighted by atomic mass is 16.5. The van der Waals surface area contributed by atoms with Crippen LogP contribution in [0.3, 0.4) is 0 Å². The van der Waals surface area contributed by atoms with Crippen LogP contribution in [0.5, 0.6) is 11.5 Å². The molecule has 0 spiro atoms. The van der Waals surface area contributed by atoms with Crippen LogP contribution < -0.4 is 9.64 Å². The number of hydrogen-bond donors (Lipinski definition) is 0. The summed E-state index contributed by atoms with van der Waals surface area (Å²) in [7, 11) is 0. The third-order valence-corrected chi connectivity index (χ3v) is 6.42. The third kappa shape index (κ3) is 2.41. The van der Waals surface area contributed by atoms with Gasteiger partial charge in [-0.15, -0.1) is 0 Å². The number of ether oxygens (including phenoxy) is 1. The predicted octanol–water partition coefficient (Wildman–Crippen LogP) is 8.72. The molecule has 2 heteroatoms. The number of para-hydroxylation sites is 4. The number of nitrogens with zero attached hydrogens (tertiary/aromatic N) is 1. The smallest absolute Gasteiger partial charge is 0.151 e. The summed E-state index contributed by atoms with van der Waals surface area (Å²) >= 11 is 0. The monoisotopic (exact) mass is 409 g/mol. The molecule has 0 bridgehead atoms. The molecule has 6 aromatic carbocycles. The Morgan fingerprint density at radius 3 is 1.41 bits per heavy atom. The van der Waals surface area contributed by atoms with E-state index in [2.05, 4.69) is 95.9 Å². The molecule has 0 aliphatic carbocycles. The molecule has 6 aromatic rings. The van der Waals surface area contributed by atoms with Gasteiger partial charge in [0.1, 0.15) is 0 Å². The molecule has 0 amide bonds. The van der Waals surface area contributed by atoms with Crippen molar-refractivity contribution in [3.05, 3.63) is 115 Å². The maximum atomic E-state index is 6.20. The zero-order chi connectivity index (χ0) is 21.1. The van der Waals surface area contributed by atoms with Gasteiger partial charge < -0.3 is 9.64 Å². The van der Waals surface area contributed by atoms with Crippen LogP contribution in [0.2, 0.25) is 0 Å². The van der Waals surface area contributed by atoms with E-state index < -0.39 is 0 Å². The highest BCUT2D eigenvalue weighted by molar-refractivity contribution is 6.25. The summed E-state index contributed by atoms with van der Waals surface area (Å²) in [6, 6.07) is 40.7. The van der Waals surface area contributed by atoms with E-state index in [1.54, 1.807) is 0 Å². The molecular formula is C30H19NO. The minimum atomic E-state index is 0.870. The molecule has 0 N–H and O–H groups in total. The Kier molecular flexibility index (Phi) is 3.58. The van der Waals surface area contributed by atoms with Crippen molar-refractivity contribution in [2.75, 3.05) is 4.90 Å². The van der Waals surface area contributed by atoms with Crippen LogP contribution in [0.1, 0.15) is 0 Å². The number of fused-ring (bicyclic) bond motifs is 8. The van der Waals surface area contributed by atoms with E-state index in [0.29, 0.717) is 0 Å². The zero-order valence-corrected chi connectivity index (χ0v) is 17.3. The maximum Gasteiger partial charge on any atom is 0.151 e. The molecule has 0 saturated heterocycles. The quantitative estimate of drug-likeness (QED) is 0.251. The van der Waals surface area contributed by atoms with Gasteiger partial charge in [-0.3, -0.25) is 0 Å². The average Bonchev–Trinajstić information content (AvgIpc) is 2.87. The van der Waals surface area contributed by atoms with Gasteiger partial charge in [-0.2, -0.15) is 0 Å². The molecule has 2 nitrogen and oxygen atoms in total. The first-order valence-corrected chi connectivity index (χ1v) is 10.9. The first-order chi connectivity index (χ1) is 15.9. The van der Waals surface area contributed by atoms with Crippen molar-refractivity contribution in [2.24, 2.45) is 0 Å². The van der Waals surface area contributed by atoms with Gasteiger partial charge in [0.25, 0.3) is 0 Å². The van der Waals surface area contributed by atoms with Crippen LogP contribution in [0, 0.1) is 0 Å². The third-order valence-electron chi connectivity index (χ3n) is 6.42. The maximum absolute atomic E-state index is 6.20. The first-order valence-electron chi connectivity index (χ1n) is 10.9. The van der Waals surface area contributed by atoms with Gasteiger partial charge >= 0.3 is 0 Å². The second-order valence-corrected chi connectivity index (χ2v) is 8.19. The molecule has 1 aliphatic rings.